The number of rotatable bonds is 4. The SMILES string of the molecule is Cc1ccc2c(c1)n(Cc1ccccc1)c(=S)n2Cc1ccccc1. The van der Waals surface area contributed by atoms with Crippen LogP contribution in [0, 0.1) is 11.7 Å². The molecule has 0 bridgehead atoms. The molecule has 0 N–H and O–H groups in total. The first-order valence-electron chi connectivity index (χ1n) is 8.50. The highest BCUT2D eigenvalue weighted by Gasteiger charge is 2.11. The molecule has 0 aliphatic rings. The molecular weight excluding hydrogens is 324 g/mol. The van der Waals surface area contributed by atoms with E-state index in [-0.39, 0.29) is 0 Å². The molecule has 3 heteroatoms. The van der Waals surface area contributed by atoms with Gasteiger partial charge in [-0.1, -0.05) is 66.7 Å². The van der Waals surface area contributed by atoms with Crippen molar-refractivity contribution in [2.24, 2.45) is 0 Å². The maximum absolute atomic E-state index is 5.86. The summed E-state index contributed by atoms with van der Waals surface area (Å²) in [5, 5.41) is 0. The zero-order valence-corrected chi connectivity index (χ0v) is 15.0. The Kier molecular flexibility index (Phi) is 4.24. The zero-order valence-electron chi connectivity index (χ0n) is 14.2. The fraction of sp³-hybridized carbons (Fsp3) is 0.136. The first-order valence-corrected chi connectivity index (χ1v) is 8.91. The van der Waals surface area contributed by atoms with Crippen LogP contribution in [0.3, 0.4) is 0 Å². The summed E-state index contributed by atoms with van der Waals surface area (Å²) in [5.74, 6) is 0. The third-order valence-corrected chi connectivity index (χ3v) is 4.98. The highest BCUT2D eigenvalue weighted by Crippen LogP contribution is 2.22. The summed E-state index contributed by atoms with van der Waals surface area (Å²) in [6, 6.07) is 27.6. The lowest BCUT2D eigenvalue weighted by Crippen LogP contribution is -2.03. The number of imidazole rings is 1. The zero-order chi connectivity index (χ0) is 17.2. The van der Waals surface area contributed by atoms with Gasteiger partial charge in [0.1, 0.15) is 0 Å². The van der Waals surface area contributed by atoms with Gasteiger partial charge in [-0.25, -0.2) is 0 Å². The third-order valence-electron chi connectivity index (χ3n) is 4.54. The molecule has 3 aromatic carbocycles. The minimum atomic E-state index is 0.793. The smallest absolute Gasteiger partial charge is 0.181 e. The van der Waals surface area contributed by atoms with Crippen molar-refractivity contribution in [1.82, 2.24) is 9.13 Å². The van der Waals surface area contributed by atoms with Gasteiger partial charge in [-0.05, 0) is 48.0 Å². The van der Waals surface area contributed by atoms with E-state index in [9.17, 15) is 0 Å². The maximum atomic E-state index is 5.86. The Bertz CT molecular complexity index is 1060. The average molecular weight is 344 g/mol. The van der Waals surface area contributed by atoms with Gasteiger partial charge in [-0.15, -0.1) is 0 Å². The van der Waals surface area contributed by atoms with Crippen LogP contribution in [-0.4, -0.2) is 9.13 Å². The van der Waals surface area contributed by atoms with Crippen LogP contribution in [0.5, 0.6) is 0 Å². The van der Waals surface area contributed by atoms with Crippen molar-refractivity contribution < 1.29 is 0 Å². The summed E-state index contributed by atoms with van der Waals surface area (Å²) in [6.07, 6.45) is 0. The highest BCUT2D eigenvalue weighted by molar-refractivity contribution is 7.71. The molecule has 0 spiro atoms. The van der Waals surface area contributed by atoms with Gasteiger partial charge in [-0.2, -0.15) is 0 Å². The lowest BCUT2D eigenvalue weighted by atomic mass is 10.2. The van der Waals surface area contributed by atoms with Crippen molar-refractivity contribution in [2.45, 2.75) is 20.0 Å². The van der Waals surface area contributed by atoms with Crippen LogP contribution in [0.4, 0.5) is 0 Å². The standard InChI is InChI=1S/C22H20N2S/c1-17-12-13-20-21(14-17)24(16-19-10-6-3-7-11-19)22(25)23(20)15-18-8-4-2-5-9-18/h2-14H,15-16H2,1H3. The number of nitrogens with zero attached hydrogens (tertiary/aromatic N) is 2. The molecule has 0 atom stereocenters. The molecule has 0 unspecified atom stereocenters. The van der Waals surface area contributed by atoms with E-state index in [1.165, 1.54) is 27.7 Å². The summed E-state index contributed by atoms with van der Waals surface area (Å²) < 4.78 is 5.35. The van der Waals surface area contributed by atoms with Gasteiger partial charge in [0.25, 0.3) is 0 Å². The van der Waals surface area contributed by atoms with Crippen LogP contribution in [0.15, 0.2) is 78.9 Å². The van der Waals surface area contributed by atoms with E-state index in [0.29, 0.717) is 0 Å². The largest absolute Gasteiger partial charge is 0.312 e. The van der Waals surface area contributed by atoms with Gasteiger partial charge in [-0.3, -0.25) is 0 Å². The predicted molar refractivity (Wildman–Crippen MR) is 107 cm³/mol. The minimum Gasteiger partial charge on any atom is -0.312 e. The van der Waals surface area contributed by atoms with Gasteiger partial charge >= 0.3 is 0 Å². The quantitative estimate of drug-likeness (QED) is 0.440. The van der Waals surface area contributed by atoms with Crippen molar-refractivity contribution in [2.75, 3.05) is 0 Å². The van der Waals surface area contributed by atoms with E-state index < -0.39 is 0 Å². The van der Waals surface area contributed by atoms with Crippen LogP contribution in [0.1, 0.15) is 16.7 Å². The molecule has 1 heterocycles. The third kappa shape index (κ3) is 3.15. The van der Waals surface area contributed by atoms with Gasteiger partial charge < -0.3 is 9.13 Å². The van der Waals surface area contributed by atoms with E-state index in [0.717, 1.165) is 17.9 Å². The van der Waals surface area contributed by atoms with Crippen LogP contribution in [0.25, 0.3) is 11.0 Å². The van der Waals surface area contributed by atoms with E-state index in [1.54, 1.807) is 0 Å². The molecule has 25 heavy (non-hydrogen) atoms. The minimum absolute atomic E-state index is 0.793. The molecule has 4 rings (SSSR count). The molecule has 0 aliphatic carbocycles. The second kappa shape index (κ2) is 6.69. The lowest BCUT2D eigenvalue weighted by molar-refractivity contribution is 0.730. The monoisotopic (exact) mass is 344 g/mol. The summed E-state index contributed by atoms with van der Waals surface area (Å²) in [4.78, 5) is 0. The number of hydrogen-bond donors (Lipinski definition) is 0. The number of aryl methyl sites for hydroxylation is 1. The second-order valence-corrected chi connectivity index (χ2v) is 6.78. The Morgan fingerprint density at radius 2 is 1.20 bits per heavy atom. The van der Waals surface area contributed by atoms with Crippen LogP contribution in [0.2, 0.25) is 0 Å². The van der Waals surface area contributed by atoms with Crippen molar-refractivity contribution in [1.29, 1.82) is 0 Å². The van der Waals surface area contributed by atoms with Gasteiger partial charge in [0.2, 0.25) is 0 Å². The van der Waals surface area contributed by atoms with Gasteiger partial charge in [0.15, 0.2) is 4.77 Å². The van der Waals surface area contributed by atoms with E-state index in [1.807, 2.05) is 12.1 Å². The summed E-state index contributed by atoms with van der Waals surface area (Å²) in [7, 11) is 0. The second-order valence-electron chi connectivity index (χ2n) is 6.42. The van der Waals surface area contributed by atoms with Crippen LogP contribution < -0.4 is 0 Å². The Morgan fingerprint density at radius 3 is 1.76 bits per heavy atom. The van der Waals surface area contributed by atoms with Gasteiger partial charge in [0.05, 0.1) is 24.1 Å². The molecule has 1 aromatic heterocycles. The molecule has 4 aromatic rings. The fourth-order valence-corrected chi connectivity index (χ4v) is 3.59. The molecule has 2 nitrogen and oxygen atoms in total. The lowest BCUT2D eigenvalue weighted by Gasteiger charge is -2.06. The topological polar surface area (TPSA) is 9.86 Å². The van der Waals surface area contributed by atoms with Crippen LogP contribution in [-0.2, 0) is 13.1 Å². The van der Waals surface area contributed by atoms with E-state index >= 15 is 0 Å². The number of benzene rings is 3. The molecule has 0 aliphatic heterocycles. The van der Waals surface area contributed by atoms with E-state index in [2.05, 4.69) is 82.8 Å². The molecule has 0 saturated heterocycles. The fourth-order valence-electron chi connectivity index (χ4n) is 3.27. The first-order chi connectivity index (χ1) is 12.2. The summed E-state index contributed by atoms with van der Waals surface area (Å²) >= 11 is 5.86. The molecule has 0 saturated carbocycles. The molecule has 124 valence electrons. The predicted octanol–water partition coefficient (Wildman–Crippen LogP) is 5.58. The molecular formula is C22H20N2S. The van der Waals surface area contributed by atoms with Crippen LogP contribution >= 0.6 is 12.2 Å². The molecule has 0 fully saturated rings. The molecule has 0 amide bonds. The number of hydrogen-bond acceptors (Lipinski definition) is 1. The summed E-state index contributed by atoms with van der Waals surface area (Å²) in [5.41, 5.74) is 6.16. The Balaban J connectivity index is 1.86. The van der Waals surface area contributed by atoms with Crippen molar-refractivity contribution in [3.8, 4) is 0 Å². The Morgan fingerprint density at radius 1 is 0.680 bits per heavy atom. The Hall–Kier alpha value is -2.65. The average Bonchev–Trinajstić information content (AvgIpc) is 2.89. The van der Waals surface area contributed by atoms with Crippen molar-refractivity contribution >= 4 is 23.3 Å². The van der Waals surface area contributed by atoms with Gasteiger partial charge in [0, 0.05) is 0 Å². The highest BCUT2D eigenvalue weighted by atomic mass is 32.1. The summed E-state index contributed by atoms with van der Waals surface area (Å²) in [6.45, 7) is 3.71. The maximum Gasteiger partial charge on any atom is 0.181 e. The molecule has 0 radical (unpaired) electrons. The van der Waals surface area contributed by atoms with Crippen molar-refractivity contribution in [3.05, 3.63) is 100 Å². The number of aromatic nitrogens is 2. The van der Waals surface area contributed by atoms with Crippen molar-refractivity contribution in [3.63, 3.8) is 0 Å². The Labute approximate surface area is 153 Å². The number of fused-ring (bicyclic) bond motifs is 1. The normalized spacial score (nSPS) is 11.1. The van der Waals surface area contributed by atoms with E-state index in [4.69, 9.17) is 12.2 Å². The first kappa shape index (κ1) is 15.9.